The number of nitrogens with one attached hydrogen (secondary N) is 1. The summed E-state index contributed by atoms with van der Waals surface area (Å²) in [5.74, 6) is 0.0559. The zero-order valence-corrected chi connectivity index (χ0v) is 14.7. The van der Waals surface area contributed by atoms with E-state index in [1.165, 1.54) is 11.8 Å². The van der Waals surface area contributed by atoms with E-state index in [9.17, 15) is 4.79 Å². The number of rotatable bonds is 5. The molecular formula is C15H19N2O2S3+. The molecule has 7 heteroatoms. The van der Waals surface area contributed by atoms with Crippen LogP contribution < -0.4 is 4.90 Å². The molecule has 2 saturated heterocycles. The van der Waals surface area contributed by atoms with Crippen molar-refractivity contribution in [2.45, 2.75) is 6.42 Å². The number of carbonyl (C=O) groups is 1. The number of nitrogens with zero attached hydrogens (tertiary/aromatic N) is 1. The Morgan fingerprint density at radius 3 is 2.95 bits per heavy atom. The number of ether oxygens (including phenoxy) is 1. The second kappa shape index (κ2) is 7.70. The molecule has 2 aliphatic heterocycles. The van der Waals surface area contributed by atoms with Crippen LogP contribution in [-0.4, -0.2) is 54.5 Å². The number of hydrogen-bond donors (Lipinski definition) is 1. The topological polar surface area (TPSA) is 34.0 Å². The van der Waals surface area contributed by atoms with Gasteiger partial charge in [0.15, 0.2) is 0 Å². The Hall–Kier alpha value is -0.730. The van der Waals surface area contributed by atoms with Crippen molar-refractivity contribution in [2.75, 3.05) is 39.4 Å². The van der Waals surface area contributed by atoms with E-state index >= 15 is 0 Å². The first-order valence-corrected chi connectivity index (χ1v) is 9.54. The highest BCUT2D eigenvalue weighted by Crippen LogP contribution is 2.33. The number of quaternary nitrogens is 1. The molecule has 1 aromatic rings. The van der Waals surface area contributed by atoms with Crippen LogP contribution in [0.3, 0.4) is 0 Å². The highest BCUT2D eigenvalue weighted by Gasteiger charge is 2.31. The van der Waals surface area contributed by atoms with Crippen molar-refractivity contribution >= 4 is 51.6 Å². The smallest absolute Gasteiger partial charge is 0.266 e. The van der Waals surface area contributed by atoms with Crippen molar-refractivity contribution in [3.8, 4) is 0 Å². The highest BCUT2D eigenvalue weighted by atomic mass is 32.2. The molecule has 0 saturated carbocycles. The van der Waals surface area contributed by atoms with Crippen LogP contribution in [0.2, 0.25) is 0 Å². The Morgan fingerprint density at radius 1 is 1.41 bits per heavy atom. The molecule has 0 spiro atoms. The van der Waals surface area contributed by atoms with Crippen LogP contribution in [0, 0.1) is 0 Å². The van der Waals surface area contributed by atoms with Crippen molar-refractivity contribution in [1.29, 1.82) is 0 Å². The standard InChI is InChI=1S/C15H18N2O2S3/c18-14-13(11-12-3-1-10-21-12)22-15(20)17(14)5-2-4-16-6-8-19-9-7-16/h1,3,10-11H,2,4-9H2/p+1/b13-11+. The first-order chi connectivity index (χ1) is 10.7. The third-order valence-corrected chi connectivity index (χ3v) is 6.00. The normalized spacial score (nSPS) is 22.0. The quantitative estimate of drug-likeness (QED) is 0.637. The van der Waals surface area contributed by atoms with Gasteiger partial charge in [0.2, 0.25) is 0 Å². The highest BCUT2D eigenvalue weighted by molar-refractivity contribution is 8.26. The summed E-state index contributed by atoms with van der Waals surface area (Å²) >= 11 is 8.41. The van der Waals surface area contributed by atoms with Crippen molar-refractivity contribution in [3.63, 3.8) is 0 Å². The van der Waals surface area contributed by atoms with E-state index in [1.807, 2.05) is 23.6 Å². The van der Waals surface area contributed by atoms with Crippen molar-refractivity contribution in [1.82, 2.24) is 4.90 Å². The minimum Gasteiger partial charge on any atom is -0.370 e. The van der Waals surface area contributed by atoms with Gasteiger partial charge in [0, 0.05) is 17.8 Å². The molecule has 1 N–H and O–H groups in total. The van der Waals surface area contributed by atoms with Crippen molar-refractivity contribution < 1.29 is 14.4 Å². The number of thiophene rings is 1. The lowest BCUT2D eigenvalue weighted by molar-refractivity contribution is -0.908. The van der Waals surface area contributed by atoms with E-state index in [1.54, 1.807) is 21.1 Å². The Kier molecular flexibility index (Phi) is 5.65. The van der Waals surface area contributed by atoms with Crippen LogP contribution >= 0.6 is 35.3 Å². The van der Waals surface area contributed by atoms with Gasteiger partial charge in [-0.15, -0.1) is 11.3 Å². The average Bonchev–Trinajstić information content (AvgIpc) is 3.12. The number of thiocarbonyl (C=S) groups is 1. The Bertz CT molecular complexity index is 565. The fraction of sp³-hybridized carbons (Fsp3) is 0.467. The largest absolute Gasteiger partial charge is 0.370 e. The van der Waals surface area contributed by atoms with Crippen LogP contribution in [0.5, 0.6) is 0 Å². The van der Waals surface area contributed by atoms with Gasteiger partial charge in [-0.3, -0.25) is 9.69 Å². The molecule has 4 nitrogen and oxygen atoms in total. The number of hydrogen-bond acceptors (Lipinski definition) is 5. The predicted molar refractivity (Wildman–Crippen MR) is 95.2 cm³/mol. The lowest BCUT2D eigenvalue weighted by Crippen LogP contribution is -3.14. The third-order valence-electron chi connectivity index (χ3n) is 3.80. The molecule has 0 aromatic carbocycles. The fourth-order valence-electron chi connectivity index (χ4n) is 2.59. The van der Waals surface area contributed by atoms with Gasteiger partial charge >= 0.3 is 0 Å². The van der Waals surface area contributed by atoms with Crippen molar-refractivity contribution in [3.05, 3.63) is 27.3 Å². The minimum absolute atomic E-state index is 0.0559. The molecule has 0 aliphatic carbocycles. The molecule has 22 heavy (non-hydrogen) atoms. The first-order valence-electron chi connectivity index (χ1n) is 7.44. The lowest BCUT2D eigenvalue weighted by atomic mass is 10.3. The number of morpholine rings is 1. The minimum atomic E-state index is 0.0559. The molecule has 2 aliphatic rings. The zero-order valence-electron chi connectivity index (χ0n) is 12.2. The molecule has 1 amide bonds. The molecule has 0 atom stereocenters. The summed E-state index contributed by atoms with van der Waals surface area (Å²) in [5, 5.41) is 2.01. The summed E-state index contributed by atoms with van der Waals surface area (Å²) in [7, 11) is 0. The molecule has 2 fully saturated rings. The Labute approximate surface area is 144 Å². The van der Waals surface area contributed by atoms with Crippen LogP contribution in [0.25, 0.3) is 6.08 Å². The van der Waals surface area contributed by atoms with Gasteiger partial charge in [0.1, 0.15) is 17.4 Å². The molecule has 1 aromatic heterocycles. The van der Waals surface area contributed by atoms with Crippen LogP contribution in [0.15, 0.2) is 22.4 Å². The summed E-state index contributed by atoms with van der Waals surface area (Å²) in [6.45, 7) is 5.62. The van der Waals surface area contributed by atoms with Crippen LogP contribution in [-0.2, 0) is 9.53 Å². The maximum absolute atomic E-state index is 12.5. The summed E-state index contributed by atoms with van der Waals surface area (Å²) in [6.07, 6.45) is 2.92. The summed E-state index contributed by atoms with van der Waals surface area (Å²) in [4.78, 5) is 17.6. The van der Waals surface area contributed by atoms with Gasteiger partial charge in [-0.05, 0) is 17.5 Å². The Morgan fingerprint density at radius 2 is 2.23 bits per heavy atom. The first kappa shape index (κ1) is 16.1. The summed E-state index contributed by atoms with van der Waals surface area (Å²) in [5.41, 5.74) is 0. The molecule has 3 heterocycles. The van der Waals surface area contributed by atoms with E-state index in [0.717, 1.165) is 55.6 Å². The van der Waals surface area contributed by atoms with E-state index in [2.05, 4.69) is 0 Å². The fourth-order valence-corrected chi connectivity index (χ4v) is 4.62. The predicted octanol–water partition coefficient (Wildman–Crippen LogP) is 1.25. The van der Waals surface area contributed by atoms with E-state index < -0.39 is 0 Å². The molecule has 118 valence electrons. The van der Waals surface area contributed by atoms with Gasteiger partial charge in [-0.2, -0.15) is 0 Å². The van der Waals surface area contributed by atoms with Gasteiger partial charge < -0.3 is 9.64 Å². The molecule has 0 bridgehead atoms. The number of carbonyl (C=O) groups excluding carboxylic acids is 1. The second-order valence-corrected chi connectivity index (χ2v) is 7.97. The van der Waals surface area contributed by atoms with Gasteiger partial charge in [0.05, 0.1) is 24.7 Å². The maximum atomic E-state index is 12.5. The van der Waals surface area contributed by atoms with Gasteiger partial charge in [-0.25, -0.2) is 0 Å². The van der Waals surface area contributed by atoms with E-state index in [-0.39, 0.29) is 5.91 Å². The monoisotopic (exact) mass is 355 g/mol. The Balaban J connectivity index is 1.53. The number of amides is 1. The van der Waals surface area contributed by atoms with Crippen LogP contribution in [0.4, 0.5) is 0 Å². The second-order valence-electron chi connectivity index (χ2n) is 5.31. The lowest BCUT2D eigenvalue weighted by Gasteiger charge is -2.24. The van der Waals surface area contributed by atoms with Crippen LogP contribution in [0.1, 0.15) is 11.3 Å². The molecule has 0 radical (unpaired) electrons. The summed E-state index contributed by atoms with van der Waals surface area (Å²) < 4.78 is 6.05. The van der Waals surface area contributed by atoms with Crippen molar-refractivity contribution in [2.24, 2.45) is 0 Å². The summed E-state index contributed by atoms with van der Waals surface area (Å²) in [6, 6.07) is 4.00. The van der Waals surface area contributed by atoms with E-state index in [0.29, 0.717) is 4.32 Å². The molecule has 3 rings (SSSR count). The third kappa shape index (κ3) is 3.97. The number of thioether (sulfide) groups is 1. The zero-order chi connectivity index (χ0) is 15.4. The van der Waals surface area contributed by atoms with Gasteiger partial charge in [-0.1, -0.05) is 30.0 Å². The van der Waals surface area contributed by atoms with Gasteiger partial charge in [0.25, 0.3) is 5.91 Å². The van der Waals surface area contributed by atoms with E-state index in [4.69, 9.17) is 17.0 Å². The maximum Gasteiger partial charge on any atom is 0.266 e. The molecular weight excluding hydrogens is 336 g/mol. The SMILES string of the molecule is O=C1/C(=C\c2cccs2)SC(=S)N1CCC[NH+]1CCOCC1. The average molecular weight is 356 g/mol. The molecule has 0 unspecified atom stereocenters.